The van der Waals surface area contributed by atoms with Crippen LogP contribution in [0.15, 0.2) is 29.0 Å². The Kier molecular flexibility index (Phi) is 4.52. The highest BCUT2D eigenvalue weighted by molar-refractivity contribution is 9.10. The van der Waals surface area contributed by atoms with Crippen LogP contribution in [-0.4, -0.2) is 52.9 Å². The van der Waals surface area contributed by atoms with E-state index in [2.05, 4.69) is 36.4 Å². The standard InChI is InChI=1S/C14H18BrN5O/c15-11-1-2-13-17-12(10-20(13)9-11)18-14(21)3-6-19-7-4-16-5-8-19/h1-2,9-10,16H,3-8H2,(H,18,21). The van der Waals surface area contributed by atoms with Crippen molar-refractivity contribution in [3.63, 3.8) is 0 Å². The molecule has 3 heterocycles. The van der Waals surface area contributed by atoms with Crippen molar-refractivity contribution in [2.45, 2.75) is 6.42 Å². The van der Waals surface area contributed by atoms with Crippen LogP contribution in [-0.2, 0) is 4.79 Å². The van der Waals surface area contributed by atoms with Gasteiger partial charge in [-0.25, -0.2) is 4.98 Å². The van der Waals surface area contributed by atoms with E-state index in [0.29, 0.717) is 12.2 Å². The summed E-state index contributed by atoms with van der Waals surface area (Å²) in [6.45, 7) is 4.82. The maximum absolute atomic E-state index is 12.0. The zero-order chi connectivity index (χ0) is 14.7. The number of hydrogen-bond donors (Lipinski definition) is 2. The van der Waals surface area contributed by atoms with E-state index < -0.39 is 0 Å². The number of carbonyl (C=O) groups excluding carboxylic acids is 1. The minimum Gasteiger partial charge on any atom is -0.314 e. The largest absolute Gasteiger partial charge is 0.314 e. The Bertz CT molecular complexity index is 635. The van der Waals surface area contributed by atoms with Crippen molar-refractivity contribution in [1.29, 1.82) is 0 Å². The molecule has 0 aromatic carbocycles. The maximum atomic E-state index is 12.0. The van der Waals surface area contributed by atoms with E-state index in [1.807, 2.05) is 28.9 Å². The first-order chi connectivity index (χ1) is 10.2. The van der Waals surface area contributed by atoms with Gasteiger partial charge >= 0.3 is 0 Å². The molecule has 1 amide bonds. The molecule has 1 fully saturated rings. The average molecular weight is 352 g/mol. The van der Waals surface area contributed by atoms with E-state index in [0.717, 1.165) is 42.8 Å². The fraction of sp³-hybridized carbons (Fsp3) is 0.429. The number of rotatable bonds is 4. The van der Waals surface area contributed by atoms with Crippen LogP contribution in [0.25, 0.3) is 5.65 Å². The van der Waals surface area contributed by atoms with Crippen LogP contribution < -0.4 is 10.6 Å². The summed E-state index contributed by atoms with van der Waals surface area (Å²) in [5.74, 6) is 0.606. The third kappa shape index (κ3) is 3.81. The molecule has 112 valence electrons. The van der Waals surface area contributed by atoms with Crippen LogP contribution in [0.3, 0.4) is 0 Å². The summed E-state index contributed by atoms with van der Waals surface area (Å²) in [5, 5.41) is 6.16. The Morgan fingerprint density at radius 3 is 2.95 bits per heavy atom. The van der Waals surface area contributed by atoms with Gasteiger partial charge in [0.25, 0.3) is 0 Å². The quantitative estimate of drug-likeness (QED) is 0.872. The Balaban J connectivity index is 1.55. The summed E-state index contributed by atoms with van der Waals surface area (Å²) in [7, 11) is 0. The van der Waals surface area contributed by atoms with Gasteiger partial charge in [0.1, 0.15) is 5.65 Å². The number of carbonyl (C=O) groups is 1. The summed E-state index contributed by atoms with van der Waals surface area (Å²) in [6, 6.07) is 3.83. The predicted octanol–water partition coefficient (Wildman–Crippen LogP) is 1.33. The molecule has 0 aliphatic carbocycles. The van der Waals surface area contributed by atoms with Crippen molar-refractivity contribution in [3.8, 4) is 0 Å². The van der Waals surface area contributed by atoms with Crippen LogP contribution in [0.2, 0.25) is 0 Å². The fourth-order valence-corrected chi connectivity index (χ4v) is 2.78. The van der Waals surface area contributed by atoms with Gasteiger partial charge in [-0.1, -0.05) is 0 Å². The fourth-order valence-electron chi connectivity index (χ4n) is 2.42. The highest BCUT2D eigenvalue weighted by Crippen LogP contribution is 2.14. The lowest BCUT2D eigenvalue weighted by atomic mass is 10.3. The van der Waals surface area contributed by atoms with Crippen LogP contribution in [0.1, 0.15) is 6.42 Å². The first-order valence-electron chi connectivity index (χ1n) is 7.08. The molecule has 1 saturated heterocycles. The Hall–Kier alpha value is -1.44. The van der Waals surface area contributed by atoms with Gasteiger partial charge in [-0.15, -0.1) is 0 Å². The molecule has 1 aliphatic heterocycles. The number of nitrogens with zero attached hydrogens (tertiary/aromatic N) is 3. The van der Waals surface area contributed by atoms with Gasteiger partial charge < -0.3 is 19.9 Å². The molecule has 2 N–H and O–H groups in total. The van der Waals surface area contributed by atoms with E-state index in [9.17, 15) is 4.79 Å². The van der Waals surface area contributed by atoms with E-state index in [4.69, 9.17) is 0 Å². The lowest BCUT2D eigenvalue weighted by Gasteiger charge is -2.26. The van der Waals surface area contributed by atoms with Gasteiger partial charge in [-0.05, 0) is 28.1 Å². The summed E-state index contributed by atoms with van der Waals surface area (Å²) < 4.78 is 2.86. The number of imidazole rings is 1. The minimum absolute atomic E-state index is 0.0102. The maximum Gasteiger partial charge on any atom is 0.226 e. The van der Waals surface area contributed by atoms with E-state index in [-0.39, 0.29) is 5.91 Å². The lowest BCUT2D eigenvalue weighted by Crippen LogP contribution is -2.44. The highest BCUT2D eigenvalue weighted by atomic mass is 79.9. The average Bonchev–Trinajstić information content (AvgIpc) is 2.87. The van der Waals surface area contributed by atoms with Crippen molar-refractivity contribution >= 4 is 33.3 Å². The second-order valence-corrected chi connectivity index (χ2v) is 6.04. The first kappa shape index (κ1) is 14.5. The second-order valence-electron chi connectivity index (χ2n) is 5.13. The number of amides is 1. The summed E-state index contributed by atoms with van der Waals surface area (Å²) >= 11 is 3.41. The monoisotopic (exact) mass is 351 g/mol. The van der Waals surface area contributed by atoms with Gasteiger partial charge in [-0.3, -0.25) is 4.79 Å². The normalized spacial score (nSPS) is 16.2. The number of nitrogens with one attached hydrogen (secondary N) is 2. The molecule has 21 heavy (non-hydrogen) atoms. The molecule has 2 aromatic heterocycles. The smallest absolute Gasteiger partial charge is 0.226 e. The van der Waals surface area contributed by atoms with Gasteiger partial charge in [0.15, 0.2) is 5.82 Å². The third-order valence-corrected chi connectivity index (χ3v) is 4.02. The van der Waals surface area contributed by atoms with E-state index in [1.165, 1.54) is 0 Å². The van der Waals surface area contributed by atoms with Crippen LogP contribution in [0.4, 0.5) is 5.82 Å². The van der Waals surface area contributed by atoms with Crippen molar-refractivity contribution in [2.24, 2.45) is 0 Å². The SMILES string of the molecule is O=C(CCN1CCNCC1)Nc1cn2cc(Br)ccc2n1. The van der Waals surface area contributed by atoms with Crippen LogP contribution in [0, 0.1) is 0 Å². The number of pyridine rings is 1. The minimum atomic E-state index is 0.0102. The van der Waals surface area contributed by atoms with E-state index >= 15 is 0 Å². The topological polar surface area (TPSA) is 61.7 Å². The van der Waals surface area contributed by atoms with Crippen molar-refractivity contribution in [3.05, 3.63) is 29.0 Å². The highest BCUT2D eigenvalue weighted by Gasteiger charge is 2.12. The zero-order valence-electron chi connectivity index (χ0n) is 11.7. The van der Waals surface area contributed by atoms with Crippen LogP contribution >= 0.6 is 15.9 Å². The molecule has 3 rings (SSSR count). The van der Waals surface area contributed by atoms with Crippen molar-refractivity contribution in [1.82, 2.24) is 19.6 Å². The molecule has 0 atom stereocenters. The van der Waals surface area contributed by atoms with Gasteiger partial charge in [-0.2, -0.15) is 0 Å². The summed E-state index contributed by atoms with van der Waals surface area (Å²) in [4.78, 5) is 18.7. The first-order valence-corrected chi connectivity index (χ1v) is 7.87. The molecule has 0 unspecified atom stereocenters. The molecule has 0 saturated carbocycles. The van der Waals surface area contributed by atoms with Crippen molar-refractivity contribution < 1.29 is 4.79 Å². The molecule has 0 radical (unpaired) electrons. The number of aromatic nitrogens is 2. The number of anilines is 1. The third-order valence-electron chi connectivity index (χ3n) is 3.55. The van der Waals surface area contributed by atoms with Gasteiger partial charge in [0.2, 0.25) is 5.91 Å². The molecular weight excluding hydrogens is 334 g/mol. The van der Waals surface area contributed by atoms with Crippen LogP contribution in [0.5, 0.6) is 0 Å². The molecule has 7 heteroatoms. The number of piperazine rings is 1. The lowest BCUT2D eigenvalue weighted by molar-refractivity contribution is -0.116. The number of hydrogen-bond acceptors (Lipinski definition) is 4. The summed E-state index contributed by atoms with van der Waals surface area (Å²) in [5.41, 5.74) is 0.815. The second kappa shape index (κ2) is 6.55. The Morgan fingerprint density at radius 1 is 1.33 bits per heavy atom. The molecular formula is C14H18BrN5O. The Morgan fingerprint density at radius 2 is 2.14 bits per heavy atom. The van der Waals surface area contributed by atoms with E-state index in [1.54, 1.807) is 0 Å². The van der Waals surface area contributed by atoms with Crippen molar-refractivity contribution in [2.75, 3.05) is 38.0 Å². The molecule has 0 spiro atoms. The van der Waals surface area contributed by atoms with Gasteiger partial charge in [0.05, 0.1) is 6.20 Å². The molecule has 0 bridgehead atoms. The number of halogens is 1. The van der Waals surface area contributed by atoms with Gasteiger partial charge in [0, 0.05) is 49.8 Å². The Labute approximate surface area is 131 Å². The zero-order valence-corrected chi connectivity index (χ0v) is 13.3. The predicted molar refractivity (Wildman–Crippen MR) is 85.4 cm³/mol. The molecule has 1 aliphatic rings. The molecule has 2 aromatic rings. The summed E-state index contributed by atoms with van der Waals surface area (Å²) in [6.07, 6.45) is 4.24. The number of fused-ring (bicyclic) bond motifs is 1. The molecule has 6 nitrogen and oxygen atoms in total.